The first kappa shape index (κ1) is 40.2. The van der Waals surface area contributed by atoms with E-state index >= 15 is 0 Å². The number of carbonyl (C=O) groups excluding carboxylic acids is 2. The first-order chi connectivity index (χ1) is 27.3. The van der Waals surface area contributed by atoms with Crippen LogP contribution in [0.4, 0.5) is 8.78 Å². The lowest BCUT2D eigenvalue weighted by molar-refractivity contribution is -0.134. The van der Waals surface area contributed by atoms with E-state index in [0.717, 1.165) is 53.5 Å². The van der Waals surface area contributed by atoms with Gasteiger partial charge in [-0.1, -0.05) is 24.3 Å². The number of hydrogen-bond acceptors (Lipinski definition) is 8. The summed E-state index contributed by atoms with van der Waals surface area (Å²) < 4.78 is 42.6. The van der Waals surface area contributed by atoms with Gasteiger partial charge < -0.3 is 14.2 Å². The highest BCUT2D eigenvalue weighted by atomic mass is 19.1. The van der Waals surface area contributed by atoms with Crippen LogP contribution in [0.3, 0.4) is 0 Å². The fourth-order valence-corrected chi connectivity index (χ4v) is 5.31. The van der Waals surface area contributed by atoms with Crippen LogP contribution >= 0.6 is 0 Å². The van der Waals surface area contributed by atoms with Crippen molar-refractivity contribution >= 4 is 24.0 Å². The van der Waals surface area contributed by atoms with Gasteiger partial charge in [-0.15, -0.1) is 0 Å². The third kappa shape index (κ3) is 13.2. The number of amides is 1. The Balaban J connectivity index is 0.000000214. The van der Waals surface area contributed by atoms with Crippen molar-refractivity contribution in [2.45, 2.75) is 25.7 Å². The number of carbonyl (C=O) groups is 2. The Labute approximate surface area is 323 Å². The molecule has 0 atom stereocenters. The van der Waals surface area contributed by atoms with Gasteiger partial charge in [-0.2, -0.15) is 0 Å². The number of nitrogens with one attached hydrogen (secondary N) is 1. The molecule has 6 aromatic rings. The Kier molecular flexibility index (Phi) is 15.1. The van der Waals surface area contributed by atoms with Gasteiger partial charge >= 0.3 is 5.97 Å². The van der Waals surface area contributed by atoms with Crippen LogP contribution in [0.5, 0.6) is 23.0 Å². The van der Waals surface area contributed by atoms with Gasteiger partial charge in [-0.3, -0.25) is 20.0 Å². The number of halogens is 2. The molecular formula is C45H39F2N3O6. The van der Waals surface area contributed by atoms with E-state index in [4.69, 9.17) is 14.7 Å². The van der Waals surface area contributed by atoms with Crippen molar-refractivity contribution in [3.8, 4) is 23.0 Å². The van der Waals surface area contributed by atoms with E-state index in [1.807, 2.05) is 67.0 Å². The lowest BCUT2D eigenvalue weighted by atomic mass is 10.0. The molecule has 1 amide bonds. The molecule has 56 heavy (non-hydrogen) atoms. The first-order valence-electron chi connectivity index (χ1n) is 17.6. The Bertz CT molecular complexity index is 2070. The topological polar surface area (TPSA) is 120 Å². The van der Waals surface area contributed by atoms with E-state index in [0.29, 0.717) is 28.6 Å². The van der Waals surface area contributed by atoms with Crippen LogP contribution in [0, 0.1) is 11.6 Å². The van der Waals surface area contributed by atoms with Crippen molar-refractivity contribution in [2.75, 3.05) is 7.11 Å². The molecule has 0 fully saturated rings. The Morgan fingerprint density at radius 2 is 1.07 bits per heavy atom. The predicted molar refractivity (Wildman–Crippen MR) is 209 cm³/mol. The highest BCUT2D eigenvalue weighted by Crippen LogP contribution is 2.30. The van der Waals surface area contributed by atoms with Gasteiger partial charge in [0.05, 0.1) is 7.11 Å². The molecule has 4 aromatic carbocycles. The summed E-state index contributed by atoms with van der Waals surface area (Å²) in [5.74, 6) is 0.294. The molecule has 0 saturated carbocycles. The standard InChI is InChI=1S/C23H20FNO3.C22H19FN2O3/c1-27-23(26)13-7-19-15-17(4-5-18-3-2-14-25-16-18)6-12-22(19)28-21-10-8-20(24)9-11-21;23-19-7-9-20(10-8-19)28-21-11-5-16(3-4-17-2-1-13-24-15-17)14-18(21)6-12-22(26)25-27/h2-3,6-16H,4-5H2,1H3;1-2,5-15,27H,3-4H2,(H,25,26)/b13-7+;12-6+. The number of pyridine rings is 2. The molecule has 0 bridgehead atoms. The summed E-state index contributed by atoms with van der Waals surface area (Å²) in [6.07, 6.45) is 16.2. The molecule has 2 heterocycles. The van der Waals surface area contributed by atoms with E-state index in [1.165, 1.54) is 55.7 Å². The monoisotopic (exact) mass is 755 g/mol. The number of rotatable bonds is 14. The summed E-state index contributed by atoms with van der Waals surface area (Å²) >= 11 is 0. The second-order valence-corrected chi connectivity index (χ2v) is 12.2. The van der Waals surface area contributed by atoms with Gasteiger partial charge in [0.2, 0.25) is 0 Å². The maximum Gasteiger partial charge on any atom is 0.330 e. The molecule has 2 N–H and O–H groups in total. The largest absolute Gasteiger partial charge is 0.466 e. The number of esters is 1. The molecule has 284 valence electrons. The maximum absolute atomic E-state index is 13.1. The van der Waals surface area contributed by atoms with Gasteiger partial charge in [0.25, 0.3) is 5.91 Å². The maximum atomic E-state index is 13.1. The molecule has 9 nitrogen and oxygen atoms in total. The molecule has 0 radical (unpaired) electrons. The third-order valence-corrected chi connectivity index (χ3v) is 8.21. The zero-order valence-corrected chi connectivity index (χ0v) is 30.5. The van der Waals surface area contributed by atoms with Crippen LogP contribution in [0.15, 0.2) is 146 Å². The number of aryl methyl sites for hydroxylation is 4. The number of methoxy groups -OCH3 is 1. The van der Waals surface area contributed by atoms with Crippen molar-refractivity contribution in [1.29, 1.82) is 0 Å². The molecule has 0 aliphatic carbocycles. The van der Waals surface area contributed by atoms with E-state index in [1.54, 1.807) is 48.2 Å². The van der Waals surface area contributed by atoms with Gasteiger partial charge in [-0.05, 0) is 145 Å². The minimum atomic E-state index is -0.645. The minimum Gasteiger partial charge on any atom is -0.466 e. The summed E-state index contributed by atoms with van der Waals surface area (Å²) in [5.41, 5.74) is 7.39. The molecule has 11 heteroatoms. The summed E-state index contributed by atoms with van der Waals surface area (Å²) in [6.45, 7) is 0. The lowest BCUT2D eigenvalue weighted by Crippen LogP contribution is -2.14. The number of hydroxylamine groups is 1. The Morgan fingerprint density at radius 1 is 0.625 bits per heavy atom. The van der Waals surface area contributed by atoms with Crippen molar-refractivity contribution in [3.63, 3.8) is 0 Å². The molecular weight excluding hydrogens is 717 g/mol. The third-order valence-electron chi connectivity index (χ3n) is 8.21. The van der Waals surface area contributed by atoms with Crippen LogP contribution in [0.2, 0.25) is 0 Å². The number of nitrogens with zero attached hydrogens (tertiary/aromatic N) is 2. The van der Waals surface area contributed by atoms with Crippen LogP contribution < -0.4 is 15.0 Å². The average Bonchev–Trinajstić information content (AvgIpc) is 3.24. The average molecular weight is 756 g/mol. The number of benzene rings is 4. The Morgan fingerprint density at radius 3 is 1.48 bits per heavy atom. The van der Waals surface area contributed by atoms with Gasteiger partial charge in [0, 0.05) is 48.1 Å². The number of ether oxygens (including phenoxy) is 3. The number of hydrogen-bond donors (Lipinski definition) is 2. The van der Waals surface area contributed by atoms with E-state index in [2.05, 4.69) is 14.7 Å². The van der Waals surface area contributed by atoms with Crippen LogP contribution in [-0.4, -0.2) is 34.2 Å². The van der Waals surface area contributed by atoms with Crippen molar-refractivity contribution < 1.29 is 37.8 Å². The fourth-order valence-electron chi connectivity index (χ4n) is 5.31. The predicted octanol–water partition coefficient (Wildman–Crippen LogP) is 9.30. The summed E-state index contributed by atoms with van der Waals surface area (Å²) in [4.78, 5) is 31.1. The van der Waals surface area contributed by atoms with Crippen LogP contribution in [0.25, 0.3) is 12.2 Å². The van der Waals surface area contributed by atoms with Gasteiger partial charge in [0.1, 0.15) is 34.6 Å². The number of aromatic nitrogens is 2. The van der Waals surface area contributed by atoms with Crippen molar-refractivity contribution in [3.05, 3.63) is 191 Å². The SMILES string of the molecule is COC(=O)/C=C/c1cc(CCc2cccnc2)ccc1Oc1ccc(F)cc1.O=C(/C=C/c1cc(CCc2cccnc2)ccc1Oc1ccc(F)cc1)NO. The molecule has 6 rings (SSSR count). The fraction of sp³-hybridized carbons (Fsp3) is 0.111. The molecule has 0 unspecified atom stereocenters. The second-order valence-electron chi connectivity index (χ2n) is 12.2. The van der Waals surface area contributed by atoms with Crippen LogP contribution in [0.1, 0.15) is 33.4 Å². The van der Waals surface area contributed by atoms with E-state index in [9.17, 15) is 18.4 Å². The van der Waals surface area contributed by atoms with E-state index < -0.39 is 11.9 Å². The van der Waals surface area contributed by atoms with Crippen LogP contribution in [-0.2, 0) is 40.0 Å². The summed E-state index contributed by atoms with van der Waals surface area (Å²) in [5, 5.41) is 8.68. The summed E-state index contributed by atoms with van der Waals surface area (Å²) in [7, 11) is 1.33. The normalized spacial score (nSPS) is 10.8. The molecule has 2 aromatic heterocycles. The molecule has 0 saturated heterocycles. The van der Waals surface area contributed by atoms with Gasteiger partial charge in [-0.25, -0.2) is 19.1 Å². The zero-order valence-electron chi connectivity index (χ0n) is 30.5. The molecule has 0 aliphatic heterocycles. The zero-order chi connectivity index (χ0) is 39.5. The Hall–Kier alpha value is -6.98. The second kappa shape index (κ2) is 21.0. The molecule has 0 spiro atoms. The summed E-state index contributed by atoms with van der Waals surface area (Å²) in [6, 6.07) is 30.8. The highest BCUT2D eigenvalue weighted by Gasteiger charge is 2.09. The first-order valence-corrected chi connectivity index (χ1v) is 17.6. The quantitative estimate of drug-likeness (QED) is 0.0489. The van der Waals surface area contributed by atoms with Crippen molar-refractivity contribution in [2.24, 2.45) is 0 Å². The highest BCUT2D eigenvalue weighted by molar-refractivity contribution is 5.91. The minimum absolute atomic E-state index is 0.330. The van der Waals surface area contributed by atoms with Crippen molar-refractivity contribution in [1.82, 2.24) is 15.4 Å². The lowest BCUT2D eigenvalue weighted by Gasteiger charge is -2.11. The molecule has 0 aliphatic rings. The van der Waals surface area contributed by atoms with E-state index in [-0.39, 0.29) is 11.6 Å². The smallest absolute Gasteiger partial charge is 0.330 e. The van der Waals surface area contributed by atoms with Gasteiger partial charge in [0.15, 0.2) is 0 Å².